The van der Waals surface area contributed by atoms with E-state index in [1.807, 2.05) is 48.5 Å². The number of fused-ring (bicyclic) bond motifs is 2. The first-order chi connectivity index (χ1) is 14.2. The minimum absolute atomic E-state index is 0.207. The van der Waals surface area contributed by atoms with Crippen LogP contribution in [0, 0.1) is 5.41 Å². The fraction of sp³-hybridized carbons (Fsp3) is 0.520. The summed E-state index contributed by atoms with van der Waals surface area (Å²) in [4.78, 5) is 2.49. The van der Waals surface area contributed by atoms with Gasteiger partial charge in [0.15, 0.2) is 0 Å². The summed E-state index contributed by atoms with van der Waals surface area (Å²) in [7, 11) is 0. The number of piperidine rings is 1. The molecular formula is C25H31Cl2NO2. The second kappa shape index (κ2) is 8.44. The number of β-amino-alcohol motifs (C(OH)–C–C–N with tert-alkyl or cyclic N) is 1. The molecule has 1 N–H and O–H groups in total. The highest BCUT2D eigenvalue weighted by Crippen LogP contribution is 2.54. The normalized spacial score (nSPS) is 26.4. The Balaban J connectivity index is 1.42. The molecule has 5 heteroatoms. The highest BCUT2D eigenvalue weighted by Gasteiger charge is 2.56. The number of hydrogen-bond acceptors (Lipinski definition) is 3. The predicted molar refractivity (Wildman–Crippen MR) is 123 cm³/mol. The first kappa shape index (κ1) is 22.1. The molecule has 0 radical (unpaired) electrons. The van der Waals surface area contributed by atoms with Crippen LogP contribution in [0.1, 0.15) is 57.3 Å². The van der Waals surface area contributed by atoms with Gasteiger partial charge in [-0.05, 0) is 67.0 Å². The summed E-state index contributed by atoms with van der Waals surface area (Å²) in [6, 6.07) is 15.9. The van der Waals surface area contributed by atoms with Crippen LogP contribution in [0.15, 0.2) is 48.5 Å². The van der Waals surface area contributed by atoms with Crippen molar-refractivity contribution in [2.24, 2.45) is 5.41 Å². The minimum atomic E-state index is -0.532. The molecule has 3 unspecified atom stereocenters. The molecule has 0 amide bonds. The zero-order valence-corrected chi connectivity index (χ0v) is 19.5. The van der Waals surface area contributed by atoms with E-state index < -0.39 is 6.10 Å². The van der Waals surface area contributed by atoms with Crippen LogP contribution in [-0.2, 0) is 4.74 Å². The smallest absolute Gasteiger partial charge is 0.108 e. The average Bonchev–Trinajstić information content (AvgIpc) is 2.67. The van der Waals surface area contributed by atoms with E-state index in [0.29, 0.717) is 28.0 Å². The molecule has 1 saturated carbocycles. The van der Waals surface area contributed by atoms with Crippen molar-refractivity contribution in [3.8, 4) is 0 Å². The molecule has 3 nitrogen and oxygen atoms in total. The molecule has 3 fully saturated rings. The second-order valence-corrected chi connectivity index (χ2v) is 10.9. The van der Waals surface area contributed by atoms with E-state index in [0.717, 1.165) is 11.1 Å². The predicted octanol–water partition coefficient (Wildman–Crippen LogP) is 6.11. The Kier molecular flexibility index (Phi) is 6.22. The molecule has 5 rings (SSSR count). The van der Waals surface area contributed by atoms with Crippen molar-refractivity contribution in [2.75, 3.05) is 13.2 Å². The Hall–Kier alpha value is -1.10. The summed E-state index contributed by atoms with van der Waals surface area (Å²) in [5.41, 5.74) is 2.61. The summed E-state index contributed by atoms with van der Waals surface area (Å²) in [5.74, 6) is 0. The summed E-state index contributed by atoms with van der Waals surface area (Å²) >= 11 is 12.1. The van der Waals surface area contributed by atoms with E-state index in [1.54, 1.807) is 0 Å². The number of aliphatic hydroxyl groups excluding tert-OH is 1. The molecule has 2 aromatic rings. The number of nitrogens with zero attached hydrogens (tertiary/aromatic N) is 1. The minimum Gasteiger partial charge on any atom is -0.389 e. The molecule has 2 aromatic carbocycles. The van der Waals surface area contributed by atoms with E-state index in [1.165, 1.54) is 19.3 Å². The van der Waals surface area contributed by atoms with Gasteiger partial charge in [-0.1, -0.05) is 61.3 Å². The Bertz CT molecular complexity index is 822. The van der Waals surface area contributed by atoms with Gasteiger partial charge in [-0.25, -0.2) is 0 Å². The van der Waals surface area contributed by atoms with Crippen LogP contribution < -0.4 is 0 Å². The topological polar surface area (TPSA) is 32.7 Å². The number of aliphatic hydroxyl groups is 1. The lowest BCUT2D eigenvalue weighted by molar-refractivity contribution is -0.160. The van der Waals surface area contributed by atoms with Crippen molar-refractivity contribution in [2.45, 2.75) is 63.8 Å². The van der Waals surface area contributed by atoms with Gasteiger partial charge in [-0.2, -0.15) is 0 Å². The van der Waals surface area contributed by atoms with Gasteiger partial charge in [-0.3, -0.25) is 4.90 Å². The SMILES string of the molecule is CC1(C)CC2CC(C)(C1)N2CC(O)COC(c1ccc(Cl)cc1)c1ccc(Cl)cc1. The highest BCUT2D eigenvalue weighted by molar-refractivity contribution is 6.30. The van der Waals surface area contributed by atoms with Crippen LogP contribution in [-0.4, -0.2) is 40.8 Å². The average molecular weight is 448 g/mol. The fourth-order valence-electron chi connectivity index (χ4n) is 5.68. The van der Waals surface area contributed by atoms with Crippen molar-refractivity contribution in [1.82, 2.24) is 4.90 Å². The van der Waals surface area contributed by atoms with Gasteiger partial charge in [0, 0.05) is 28.2 Å². The number of benzene rings is 2. The van der Waals surface area contributed by atoms with Crippen LogP contribution in [0.5, 0.6) is 0 Å². The molecule has 2 aliphatic heterocycles. The second-order valence-electron chi connectivity index (χ2n) is 10.0. The molecule has 0 spiro atoms. The van der Waals surface area contributed by atoms with Crippen LogP contribution in [0.25, 0.3) is 0 Å². The Morgan fingerprint density at radius 2 is 1.50 bits per heavy atom. The van der Waals surface area contributed by atoms with E-state index in [2.05, 4.69) is 25.7 Å². The summed E-state index contributed by atoms with van der Waals surface area (Å²) in [6.07, 6.45) is 2.81. The highest BCUT2D eigenvalue weighted by atomic mass is 35.5. The van der Waals surface area contributed by atoms with Gasteiger partial charge < -0.3 is 9.84 Å². The van der Waals surface area contributed by atoms with Crippen LogP contribution in [0.3, 0.4) is 0 Å². The largest absolute Gasteiger partial charge is 0.389 e. The Morgan fingerprint density at radius 3 is 2.00 bits per heavy atom. The maximum Gasteiger partial charge on any atom is 0.108 e. The lowest BCUT2D eigenvalue weighted by Crippen LogP contribution is -2.71. The summed E-state index contributed by atoms with van der Waals surface area (Å²) in [5, 5.41) is 12.2. The quantitative estimate of drug-likeness (QED) is 0.555. The summed E-state index contributed by atoms with van der Waals surface area (Å²) in [6.45, 7) is 7.99. The van der Waals surface area contributed by atoms with Gasteiger partial charge >= 0.3 is 0 Å². The third-order valence-corrected chi connectivity index (χ3v) is 7.17. The van der Waals surface area contributed by atoms with E-state index in [-0.39, 0.29) is 18.2 Å². The van der Waals surface area contributed by atoms with Gasteiger partial charge in [-0.15, -0.1) is 0 Å². The molecule has 30 heavy (non-hydrogen) atoms. The third-order valence-electron chi connectivity index (χ3n) is 6.67. The number of hydrogen-bond donors (Lipinski definition) is 1. The zero-order chi connectivity index (χ0) is 21.5. The lowest BCUT2D eigenvalue weighted by atomic mass is 9.59. The van der Waals surface area contributed by atoms with Gasteiger partial charge in [0.2, 0.25) is 0 Å². The molecular weight excluding hydrogens is 417 g/mol. The van der Waals surface area contributed by atoms with Crippen molar-refractivity contribution in [1.29, 1.82) is 0 Å². The van der Waals surface area contributed by atoms with Crippen LogP contribution >= 0.6 is 23.2 Å². The van der Waals surface area contributed by atoms with E-state index in [9.17, 15) is 5.11 Å². The molecule has 162 valence electrons. The first-order valence-electron chi connectivity index (χ1n) is 10.7. The van der Waals surface area contributed by atoms with Gasteiger partial charge in [0.1, 0.15) is 6.10 Å². The molecule has 2 saturated heterocycles. The standard InChI is InChI=1S/C25H31Cl2NO2/c1-24(2)12-21-13-25(3,16-24)28(21)14-22(29)15-30-23(17-4-8-19(26)9-5-17)18-6-10-20(27)11-7-18/h4-11,21-23,29H,12-16H2,1-3H3. The molecule has 2 heterocycles. The van der Waals surface area contributed by atoms with Gasteiger partial charge in [0.25, 0.3) is 0 Å². The zero-order valence-electron chi connectivity index (χ0n) is 17.9. The maximum absolute atomic E-state index is 10.8. The molecule has 0 aromatic heterocycles. The summed E-state index contributed by atoms with van der Waals surface area (Å²) < 4.78 is 6.26. The van der Waals surface area contributed by atoms with Crippen LogP contribution in [0.2, 0.25) is 10.0 Å². The van der Waals surface area contributed by atoms with Crippen molar-refractivity contribution < 1.29 is 9.84 Å². The Labute approximate surface area is 189 Å². The number of halogens is 2. The Morgan fingerprint density at radius 1 is 0.967 bits per heavy atom. The third kappa shape index (κ3) is 4.71. The first-order valence-corrected chi connectivity index (χ1v) is 11.5. The molecule has 3 atom stereocenters. The van der Waals surface area contributed by atoms with Gasteiger partial charge in [0.05, 0.1) is 12.7 Å². The number of ether oxygens (including phenoxy) is 1. The van der Waals surface area contributed by atoms with Crippen molar-refractivity contribution in [3.05, 3.63) is 69.7 Å². The molecule has 3 aliphatic rings. The van der Waals surface area contributed by atoms with Crippen molar-refractivity contribution >= 4 is 23.2 Å². The monoisotopic (exact) mass is 447 g/mol. The maximum atomic E-state index is 10.8. The fourth-order valence-corrected chi connectivity index (χ4v) is 5.93. The number of rotatable bonds is 7. The lowest BCUT2D eigenvalue weighted by Gasteiger charge is -2.65. The molecule has 1 aliphatic carbocycles. The van der Waals surface area contributed by atoms with E-state index >= 15 is 0 Å². The van der Waals surface area contributed by atoms with Crippen molar-refractivity contribution in [3.63, 3.8) is 0 Å². The van der Waals surface area contributed by atoms with Crippen LogP contribution in [0.4, 0.5) is 0 Å². The van der Waals surface area contributed by atoms with E-state index in [4.69, 9.17) is 27.9 Å². The molecule has 2 bridgehead atoms.